The lowest BCUT2D eigenvalue weighted by atomic mass is 10.1. The molecule has 0 fully saturated rings. The molecule has 0 bridgehead atoms. The van der Waals surface area contributed by atoms with Gasteiger partial charge < -0.3 is 9.67 Å². The van der Waals surface area contributed by atoms with Gasteiger partial charge in [0.05, 0.1) is 17.4 Å². The van der Waals surface area contributed by atoms with E-state index in [1.807, 2.05) is 0 Å². The molecular formula is C19H11F3N4O3. The minimum atomic E-state index is -1.75. The molecule has 7 nitrogen and oxygen atoms in total. The van der Waals surface area contributed by atoms with Crippen molar-refractivity contribution in [1.29, 1.82) is 0 Å². The second-order valence-electron chi connectivity index (χ2n) is 6.19. The summed E-state index contributed by atoms with van der Waals surface area (Å²) >= 11 is 0. The van der Waals surface area contributed by atoms with E-state index in [1.165, 1.54) is 24.8 Å². The van der Waals surface area contributed by atoms with E-state index in [2.05, 4.69) is 10.1 Å². The van der Waals surface area contributed by atoms with Gasteiger partial charge in [-0.05, 0) is 23.8 Å². The summed E-state index contributed by atoms with van der Waals surface area (Å²) in [5.41, 5.74) is -1.30. The number of carboxylic acid groups (broad SMARTS) is 1. The summed E-state index contributed by atoms with van der Waals surface area (Å²) in [6, 6.07) is 6.89. The third kappa shape index (κ3) is 3.14. The topological polar surface area (TPSA) is 90.0 Å². The van der Waals surface area contributed by atoms with Crippen LogP contribution in [0.25, 0.3) is 16.6 Å². The van der Waals surface area contributed by atoms with Crippen LogP contribution in [0.4, 0.5) is 13.2 Å². The third-order valence-electron chi connectivity index (χ3n) is 4.38. The Balaban J connectivity index is 1.92. The number of carbonyl (C=O) groups is 1. The molecule has 29 heavy (non-hydrogen) atoms. The number of rotatable bonds is 4. The number of halogens is 3. The van der Waals surface area contributed by atoms with Crippen LogP contribution in [0, 0.1) is 17.5 Å². The van der Waals surface area contributed by atoms with E-state index in [-0.39, 0.29) is 5.69 Å². The summed E-state index contributed by atoms with van der Waals surface area (Å²) in [5, 5.41) is 12.7. The van der Waals surface area contributed by atoms with Gasteiger partial charge in [0, 0.05) is 11.9 Å². The molecule has 2 aromatic carbocycles. The van der Waals surface area contributed by atoms with Gasteiger partial charge in [-0.3, -0.25) is 4.79 Å². The molecule has 0 saturated heterocycles. The lowest BCUT2D eigenvalue weighted by molar-refractivity contribution is 0.0695. The molecule has 0 aliphatic heterocycles. The molecule has 1 N–H and O–H groups in total. The van der Waals surface area contributed by atoms with E-state index in [0.717, 1.165) is 16.3 Å². The number of nitrogens with zero attached hydrogens (tertiary/aromatic N) is 4. The summed E-state index contributed by atoms with van der Waals surface area (Å²) in [4.78, 5) is 27.6. The molecule has 0 radical (unpaired) electrons. The van der Waals surface area contributed by atoms with Crippen molar-refractivity contribution in [3.8, 4) is 5.69 Å². The summed E-state index contributed by atoms with van der Waals surface area (Å²) in [7, 11) is 0. The first-order chi connectivity index (χ1) is 13.9. The maximum absolute atomic E-state index is 14.5. The third-order valence-corrected chi connectivity index (χ3v) is 4.38. The van der Waals surface area contributed by atoms with Crippen LogP contribution in [0.5, 0.6) is 0 Å². The maximum atomic E-state index is 14.5. The fourth-order valence-electron chi connectivity index (χ4n) is 3.01. The quantitative estimate of drug-likeness (QED) is 0.532. The SMILES string of the molecule is O=C(O)c1cn(-c2ccc(Cn3cncn3)cc2)c2c(F)c(F)c(F)cc2c1=O. The zero-order valence-corrected chi connectivity index (χ0v) is 14.5. The van der Waals surface area contributed by atoms with Crippen LogP contribution in [0.1, 0.15) is 15.9 Å². The smallest absolute Gasteiger partial charge is 0.341 e. The summed E-state index contributed by atoms with van der Waals surface area (Å²) in [5.74, 6) is -6.49. The van der Waals surface area contributed by atoms with Crippen LogP contribution in [-0.4, -0.2) is 30.4 Å². The Morgan fingerprint density at radius 3 is 2.45 bits per heavy atom. The van der Waals surface area contributed by atoms with E-state index < -0.39 is 45.3 Å². The minimum absolute atomic E-state index is 0.254. The van der Waals surface area contributed by atoms with Gasteiger partial charge >= 0.3 is 5.97 Å². The Labute approximate surface area is 160 Å². The standard InChI is InChI=1S/C19H11F3N4O3/c20-14-5-12-17(16(22)15(14)21)26(7-13(18(12)27)19(28)29)11-3-1-10(2-4-11)6-25-9-23-8-24-25/h1-5,7-9H,6H2,(H,28,29). The molecule has 2 heterocycles. The lowest BCUT2D eigenvalue weighted by Gasteiger charge is -2.14. The van der Waals surface area contributed by atoms with Crippen LogP contribution in [0.2, 0.25) is 0 Å². The van der Waals surface area contributed by atoms with Gasteiger partial charge in [-0.15, -0.1) is 0 Å². The van der Waals surface area contributed by atoms with Gasteiger partial charge in [0.1, 0.15) is 18.2 Å². The highest BCUT2D eigenvalue weighted by Gasteiger charge is 2.22. The van der Waals surface area contributed by atoms with Gasteiger partial charge in [0.25, 0.3) is 0 Å². The molecule has 0 aliphatic rings. The lowest BCUT2D eigenvalue weighted by Crippen LogP contribution is -2.20. The number of aromatic nitrogens is 4. The van der Waals surface area contributed by atoms with Crippen molar-refractivity contribution in [2.75, 3.05) is 0 Å². The normalized spacial score (nSPS) is 11.1. The first-order valence-corrected chi connectivity index (χ1v) is 8.24. The number of hydrogen-bond acceptors (Lipinski definition) is 4. The molecule has 0 saturated carbocycles. The number of hydrogen-bond donors (Lipinski definition) is 1. The van der Waals surface area contributed by atoms with Crippen molar-refractivity contribution in [2.24, 2.45) is 0 Å². The zero-order valence-electron chi connectivity index (χ0n) is 14.5. The average Bonchev–Trinajstić information content (AvgIpc) is 3.20. The van der Waals surface area contributed by atoms with E-state index in [1.54, 1.807) is 16.8 Å². The number of aromatic carboxylic acids is 1. The van der Waals surface area contributed by atoms with Crippen LogP contribution in [-0.2, 0) is 6.54 Å². The van der Waals surface area contributed by atoms with Crippen LogP contribution >= 0.6 is 0 Å². The predicted octanol–water partition coefficient (Wildman–Crippen LogP) is 2.75. The number of pyridine rings is 1. The van der Waals surface area contributed by atoms with Crippen molar-refractivity contribution >= 4 is 16.9 Å². The van der Waals surface area contributed by atoms with Gasteiger partial charge in [0.15, 0.2) is 17.5 Å². The first kappa shape index (κ1) is 18.4. The largest absolute Gasteiger partial charge is 0.477 e. The second kappa shape index (κ2) is 6.89. The first-order valence-electron chi connectivity index (χ1n) is 8.24. The average molecular weight is 400 g/mol. The maximum Gasteiger partial charge on any atom is 0.341 e. The van der Waals surface area contributed by atoms with Crippen molar-refractivity contribution < 1.29 is 23.1 Å². The molecule has 0 amide bonds. The highest BCUT2D eigenvalue weighted by molar-refractivity contribution is 5.93. The predicted molar refractivity (Wildman–Crippen MR) is 95.5 cm³/mol. The molecule has 2 aromatic heterocycles. The van der Waals surface area contributed by atoms with Crippen molar-refractivity contribution in [3.05, 3.63) is 88.0 Å². The van der Waals surface area contributed by atoms with E-state index in [4.69, 9.17) is 0 Å². The molecule has 10 heteroatoms. The Morgan fingerprint density at radius 2 is 1.83 bits per heavy atom. The van der Waals surface area contributed by atoms with E-state index in [9.17, 15) is 27.9 Å². The van der Waals surface area contributed by atoms with E-state index >= 15 is 0 Å². The molecule has 0 spiro atoms. The van der Waals surface area contributed by atoms with Crippen LogP contribution in [0.3, 0.4) is 0 Å². The second-order valence-corrected chi connectivity index (χ2v) is 6.19. The Bertz CT molecular complexity index is 1300. The summed E-state index contributed by atoms with van der Waals surface area (Å²) < 4.78 is 44.6. The highest BCUT2D eigenvalue weighted by Crippen LogP contribution is 2.25. The molecule has 0 unspecified atom stereocenters. The van der Waals surface area contributed by atoms with Gasteiger partial charge in [0.2, 0.25) is 5.43 Å². The van der Waals surface area contributed by atoms with Crippen molar-refractivity contribution in [3.63, 3.8) is 0 Å². The molecule has 0 aliphatic carbocycles. The Hall–Kier alpha value is -3.95. The monoisotopic (exact) mass is 400 g/mol. The molecule has 4 aromatic rings. The molecular weight excluding hydrogens is 389 g/mol. The van der Waals surface area contributed by atoms with Crippen molar-refractivity contribution in [2.45, 2.75) is 6.54 Å². The number of benzene rings is 2. The molecule has 4 rings (SSSR count). The Morgan fingerprint density at radius 1 is 1.10 bits per heavy atom. The fourth-order valence-corrected chi connectivity index (χ4v) is 3.01. The van der Waals surface area contributed by atoms with Gasteiger partial charge in [-0.1, -0.05) is 12.1 Å². The Kier molecular flexibility index (Phi) is 4.38. The minimum Gasteiger partial charge on any atom is -0.477 e. The van der Waals surface area contributed by atoms with Crippen LogP contribution < -0.4 is 5.43 Å². The summed E-state index contributed by atoms with van der Waals surface area (Å²) in [6.07, 6.45) is 3.79. The van der Waals surface area contributed by atoms with Gasteiger partial charge in [-0.2, -0.15) is 5.10 Å². The van der Waals surface area contributed by atoms with Gasteiger partial charge in [-0.25, -0.2) is 27.6 Å². The van der Waals surface area contributed by atoms with Crippen molar-refractivity contribution in [1.82, 2.24) is 19.3 Å². The number of carboxylic acids is 1. The summed E-state index contributed by atoms with van der Waals surface area (Å²) in [6.45, 7) is 0.403. The number of fused-ring (bicyclic) bond motifs is 1. The highest BCUT2D eigenvalue weighted by atomic mass is 19.2. The van der Waals surface area contributed by atoms with Crippen LogP contribution in [0.15, 0.2) is 54.0 Å². The molecule has 0 atom stereocenters. The molecule has 146 valence electrons. The zero-order chi connectivity index (χ0) is 20.7. The van der Waals surface area contributed by atoms with E-state index in [0.29, 0.717) is 12.6 Å². The fraction of sp³-hybridized carbons (Fsp3) is 0.0526.